The third-order valence-electron chi connectivity index (χ3n) is 3.30. The normalized spacial score (nSPS) is 10.4. The number of halogens is 1. The van der Waals surface area contributed by atoms with Crippen molar-refractivity contribution >= 4 is 35.1 Å². The predicted molar refractivity (Wildman–Crippen MR) is 99.8 cm³/mol. The fourth-order valence-electron chi connectivity index (χ4n) is 2.07. The van der Waals surface area contributed by atoms with Crippen LogP contribution in [0.1, 0.15) is 5.56 Å². The van der Waals surface area contributed by atoms with Gasteiger partial charge in [-0.25, -0.2) is 4.79 Å². The molecule has 0 aliphatic carbocycles. The van der Waals surface area contributed by atoms with Gasteiger partial charge in [0, 0.05) is 21.7 Å². The molecule has 1 heterocycles. The number of nitrogens with one attached hydrogen (secondary N) is 1. The first-order valence-corrected chi connectivity index (χ1v) is 8.94. The van der Waals surface area contributed by atoms with Crippen LogP contribution in [0.2, 0.25) is 5.02 Å². The van der Waals surface area contributed by atoms with Gasteiger partial charge in [0.15, 0.2) is 0 Å². The number of carbonyl (C=O) groups excluding carboxylic acids is 1. The second kappa shape index (κ2) is 8.60. The highest BCUT2D eigenvalue weighted by Crippen LogP contribution is 2.20. The van der Waals surface area contributed by atoms with Crippen molar-refractivity contribution in [2.75, 3.05) is 5.32 Å². The van der Waals surface area contributed by atoms with Gasteiger partial charge in [-0.3, -0.25) is 10.00 Å². The van der Waals surface area contributed by atoms with Crippen LogP contribution in [-0.2, 0) is 17.2 Å². The van der Waals surface area contributed by atoms with Gasteiger partial charge in [-0.05, 0) is 18.2 Å². The lowest BCUT2D eigenvalue weighted by Gasteiger charge is -2.06. The van der Waals surface area contributed by atoms with Crippen LogP contribution in [0.5, 0.6) is 0 Å². The number of hydrogen-bond donors (Lipinski definition) is 1. The molecular weight excluding hydrogens is 358 g/mol. The number of rotatable bonds is 6. The van der Waals surface area contributed by atoms with Crippen molar-refractivity contribution in [2.45, 2.75) is 17.4 Å². The average Bonchev–Trinajstić information content (AvgIpc) is 3.07. The number of ether oxygens (including phenoxy) is 1. The molecule has 0 aliphatic rings. The van der Waals surface area contributed by atoms with Crippen molar-refractivity contribution in [3.63, 3.8) is 0 Å². The molecule has 0 spiro atoms. The quantitative estimate of drug-likeness (QED) is 0.615. The largest absolute Gasteiger partial charge is 0.444 e. The monoisotopic (exact) mass is 373 g/mol. The molecule has 1 aromatic heterocycles. The van der Waals surface area contributed by atoms with Crippen LogP contribution < -0.4 is 5.32 Å². The zero-order chi connectivity index (χ0) is 17.5. The molecular formula is C18H16ClN3O2S. The van der Waals surface area contributed by atoms with Crippen molar-refractivity contribution < 1.29 is 9.53 Å². The fourth-order valence-corrected chi connectivity index (χ4v) is 3.03. The Bertz CT molecular complexity index is 839. The summed E-state index contributed by atoms with van der Waals surface area (Å²) in [5, 5.41) is 7.44. The number of carbonyl (C=O) groups is 1. The van der Waals surface area contributed by atoms with Crippen LogP contribution in [0.15, 0.2) is 71.9 Å². The molecule has 2 aromatic carbocycles. The zero-order valence-electron chi connectivity index (χ0n) is 13.3. The molecule has 0 bridgehead atoms. The summed E-state index contributed by atoms with van der Waals surface area (Å²) in [4.78, 5) is 13.0. The molecule has 0 aliphatic heterocycles. The number of hydrogen-bond acceptors (Lipinski definition) is 4. The molecule has 5 nitrogen and oxygen atoms in total. The standard InChI is InChI=1S/C18H16ClN3O2S/c19-17-9-5-4-6-14(17)12-24-18(23)21-15-10-20-22(11-15)13-25-16-7-2-1-3-8-16/h1-11H,12-13H2,(H,21,23). The minimum absolute atomic E-state index is 0.115. The average molecular weight is 374 g/mol. The van der Waals surface area contributed by atoms with Crippen LogP contribution in [-0.4, -0.2) is 15.9 Å². The van der Waals surface area contributed by atoms with Gasteiger partial charge in [0.2, 0.25) is 0 Å². The highest BCUT2D eigenvalue weighted by atomic mass is 35.5. The van der Waals surface area contributed by atoms with E-state index in [2.05, 4.69) is 10.4 Å². The van der Waals surface area contributed by atoms with E-state index in [0.717, 1.165) is 10.5 Å². The van der Waals surface area contributed by atoms with E-state index < -0.39 is 6.09 Å². The number of benzene rings is 2. The molecule has 1 N–H and O–H groups in total. The van der Waals surface area contributed by atoms with Crippen molar-refractivity contribution in [1.29, 1.82) is 0 Å². The number of amides is 1. The molecule has 0 saturated heterocycles. The Morgan fingerprint density at radius 1 is 1.16 bits per heavy atom. The van der Waals surface area contributed by atoms with E-state index in [0.29, 0.717) is 16.6 Å². The van der Waals surface area contributed by atoms with Crippen LogP contribution in [0.25, 0.3) is 0 Å². The zero-order valence-corrected chi connectivity index (χ0v) is 14.8. The molecule has 0 atom stereocenters. The number of nitrogens with zero attached hydrogens (tertiary/aromatic N) is 2. The molecule has 3 aromatic rings. The van der Waals surface area contributed by atoms with Gasteiger partial charge in [0.1, 0.15) is 6.61 Å². The van der Waals surface area contributed by atoms with E-state index in [1.807, 2.05) is 48.5 Å². The third kappa shape index (κ3) is 5.27. The maximum Gasteiger partial charge on any atom is 0.412 e. The molecule has 3 rings (SSSR count). The summed E-state index contributed by atoms with van der Waals surface area (Å²) in [5.74, 6) is 0.653. The minimum Gasteiger partial charge on any atom is -0.444 e. The fraction of sp³-hybridized carbons (Fsp3) is 0.111. The number of thioether (sulfide) groups is 1. The summed E-state index contributed by atoms with van der Waals surface area (Å²) < 4.78 is 6.93. The molecule has 0 unspecified atom stereocenters. The maximum absolute atomic E-state index is 11.9. The highest BCUT2D eigenvalue weighted by Gasteiger charge is 2.07. The molecule has 0 radical (unpaired) electrons. The minimum atomic E-state index is -0.546. The summed E-state index contributed by atoms with van der Waals surface area (Å²) in [5.41, 5.74) is 1.34. The summed E-state index contributed by atoms with van der Waals surface area (Å²) >= 11 is 7.69. The molecule has 25 heavy (non-hydrogen) atoms. The van der Waals surface area contributed by atoms with Gasteiger partial charge >= 0.3 is 6.09 Å². The Labute approximate surface area is 154 Å². The SMILES string of the molecule is O=C(Nc1cnn(CSc2ccccc2)c1)OCc1ccccc1Cl. The summed E-state index contributed by atoms with van der Waals surface area (Å²) in [6, 6.07) is 17.3. The highest BCUT2D eigenvalue weighted by molar-refractivity contribution is 7.98. The first-order chi connectivity index (χ1) is 12.2. The van der Waals surface area contributed by atoms with Gasteiger partial charge in [-0.1, -0.05) is 48.0 Å². The Morgan fingerprint density at radius 2 is 1.92 bits per heavy atom. The van der Waals surface area contributed by atoms with Gasteiger partial charge in [-0.2, -0.15) is 5.10 Å². The summed E-state index contributed by atoms with van der Waals surface area (Å²) in [6.45, 7) is 0.115. The van der Waals surface area contributed by atoms with E-state index in [4.69, 9.17) is 16.3 Å². The third-order valence-corrected chi connectivity index (χ3v) is 4.67. The molecule has 0 fully saturated rings. The topological polar surface area (TPSA) is 56.2 Å². The number of anilines is 1. The van der Waals surface area contributed by atoms with Gasteiger partial charge in [-0.15, -0.1) is 11.8 Å². The second-order valence-electron chi connectivity index (χ2n) is 5.15. The van der Waals surface area contributed by atoms with E-state index in [1.165, 1.54) is 0 Å². The van der Waals surface area contributed by atoms with Crippen molar-refractivity contribution in [1.82, 2.24) is 9.78 Å². The second-order valence-corrected chi connectivity index (χ2v) is 6.57. The van der Waals surface area contributed by atoms with E-state index >= 15 is 0 Å². The summed E-state index contributed by atoms with van der Waals surface area (Å²) in [7, 11) is 0. The Morgan fingerprint density at radius 3 is 2.72 bits per heavy atom. The molecule has 1 amide bonds. The van der Waals surface area contributed by atoms with Gasteiger partial charge in [0.25, 0.3) is 0 Å². The first kappa shape index (κ1) is 17.4. The van der Waals surface area contributed by atoms with Crippen LogP contribution in [0.4, 0.5) is 10.5 Å². The van der Waals surface area contributed by atoms with Crippen molar-refractivity contribution in [3.05, 3.63) is 77.6 Å². The lowest BCUT2D eigenvalue weighted by Crippen LogP contribution is -2.13. The van der Waals surface area contributed by atoms with Crippen molar-refractivity contribution in [3.8, 4) is 0 Å². The maximum atomic E-state index is 11.9. The van der Waals surface area contributed by atoms with Crippen molar-refractivity contribution in [2.24, 2.45) is 0 Å². The van der Waals surface area contributed by atoms with Crippen LogP contribution in [0, 0.1) is 0 Å². The predicted octanol–water partition coefficient (Wildman–Crippen LogP) is 5.04. The Kier molecular flexibility index (Phi) is 5.98. The molecule has 7 heteroatoms. The smallest absolute Gasteiger partial charge is 0.412 e. The van der Waals surface area contributed by atoms with E-state index in [1.54, 1.807) is 34.9 Å². The molecule has 128 valence electrons. The Balaban J connectivity index is 1.47. The van der Waals surface area contributed by atoms with E-state index in [9.17, 15) is 4.79 Å². The number of aromatic nitrogens is 2. The van der Waals surface area contributed by atoms with Gasteiger partial charge < -0.3 is 4.74 Å². The Hall–Kier alpha value is -2.44. The van der Waals surface area contributed by atoms with Crippen LogP contribution in [0.3, 0.4) is 0 Å². The summed E-state index contributed by atoms with van der Waals surface area (Å²) in [6.07, 6.45) is 2.80. The first-order valence-electron chi connectivity index (χ1n) is 7.58. The lowest BCUT2D eigenvalue weighted by molar-refractivity contribution is 0.155. The van der Waals surface area contributed by atoms with Gasteiger partial charge in [0.05, 0.1) is 17.8 Å². The van der Waals surface area contributed by atoms with Crippen LogP contribution >= 0.6 is 23.4 Å². The lowest BCUT2D eigenvalue weighted by atomic mass is 10.2. The van der Waals surface area contributed by atoms with E-state index in [-0.39, 0.29) is 6.61 Å². The molecule has 0 saturated carbocycles.